The molecular formula is C17H19N3O2. The Bertz CT molecular complexity index is 801. The minimum absolute atomic E-state index is 0.346. The van der Waals surface area contributed by atoms with E-state index in [0.717, 1.165) is 41.5 Å². The zero-order chi connectivity index (χ0) is 15.5. The van der Waals surface area contributed by atoms with Crippen LogP contribution in [0.2, 0.25) is 0 Å². The lowest BCUT2D eigenvalue weighted by Crippen LogP contribution is -2.06. The highest BCUT2D eigenvalue weighted by Crippen LogP contribution is 2.29. The molecule has 2 aromatic heterocycles. The van der Waals surface area contributed by atoms with Crippen LogP contribution in [0.5, 0.6) is 0 Å². The Labute approximate surface area is 128 Å². The van der Waals surface area contributed by atoms with Crippen molar-refractivity contribution in [1.82, 2.24) is 14.8 Å². The molecule has 3 rings (SSSR count). The first-order valence-electron chi connectivity index (χ1n) is 7.47. The number of hydrogen-bond donors (Lipinski definition) is 1. The molecule has 3 aromatic rings. The van der Waals surface area contributed by atoms with Gasteiger partial charge < -0.3 is 9.72 Å². The molecule has 0 amide bonds. The number of benzene rings is 1. The summed E-state index contributed by atoms with van der Waals surface area (Å²) in [5.41, 5.74) is 3.40. The van der Waals surface area contributed by atoms with Crippen LogP contribution in [-0.4, -0.2) is 27.8 Å². The molecular weight excluding hydrogens is 278 g/mol. The molecule has 2 heterocycles. The van der Waals surface area contributed by atoms with Crippen LogP contribution >= 0.6 is 0 Å². The molecule has 114 valence electrons. The van der Waals surface area contributed by atoms with Gasteiger partial charge in [-0.1, -0.05) is 31.5 Å². The van der Waals surface area contributed by atoms with Crippen molar-refractivity contribution in [3.63, 3.8) is 0 Å². The largest absolute Gasteiger partial charge is 0.464 e. The first-order chi connectivity index (χ1) is 10.7. The maximum absolute atomic E-state index is 11.8. The van der Waals surface area contributed by atoms with Gasteiger partial charge in [-0.2, -0.15) is 5.10 Å². The van der Waals surface area contributed by atoms with Gasteiger partial charge in [0.05, 0.1) is 12.8 Å². The number of unbranched alkanes of at least 4 members (excludes halogenated alkanes) is 1. The number of ether oxygens (including phenoxy) is 1. The molecule has 1 N–H and O–H groups in total. The van der Waals surface area contributed by atoms with Gasteiger partial charge in [0.1, 0.15) is 0 Å². The summed E-state index contributed by atoms with van der Waals surface area (Å²) in [6, 6.07) is 9.91. The lowest BCUT2D eigenvalue weighted by Gasteiger charge is -2.05. The molecule has 0 aliphatic rings. The van der Waals surface area contributed by atoms with Crippen LogP contribution in [0.25, 0.3) is 22.2 Å². The van der Waals surface area contributed by atoms with E-state index in [1.54, 1.807) is 6.07 Å². The molecule has 22 heavy (non-hydrogen) atoms. The van der Waals surface area contributed by atoms with Crippen molar-refractivity contribution in [2.24, 2.45) is 0 Å². The number of methoxy groups -OCH3 is 1. The van der Waals surface area contributed by atoms with Gasteiger partial charge in [-0.15, -0.1) is 0 Å². The van der Waals surface area contributed by atoms with Gasteiger partial charge in [0.25, 0.3) is 0 Å². The van der Waals surface area contributed by atoms with Crippen molar-refractivity contribution in [3.8, 4) is 11.3 Å². The van der Waals surface area contributed by atoms with Crippen molar-refractivity contribution in [3.05, 3.63) is 42.2 Å². The molecule has 0 bridgehead atoms. The SMILES string of the molecule is CCCCn1nc(C(=O)OC)cc1-c1c[nH]c2ccccc12. The number of aromatic nitrogens is 3. The molecule has 0 aliphatic heterocycles. The minimum atomic E-state index is -0.406. The van der Waals surface area contributed by atoms with Gasteiger partial charge in [0, 0.05) is 29.2 Å². The van der Waals surface area contributed by atoms with Gasteiger partial charge >= 0.3 is 5.97 Å². The zero-order valence-electron chi connectivity index (χ0n) is 12.8. The molecule has 0 atom stereocenters. The first-order valence-corrected chi connectivity index (χ1v) is 7.47. The number of nitrogens with zero attached hydrogens (tertiary/aromatic N) is 2. The van der Waals surface area contributed by atoms with Crippen LogP contribution in [-0.2, 0) is 11.3 Å². The smallest absolute Gasteiger partial charge is 0.358 e. The Hall–Kier alpha value is -2.56. The normalized spacial score (nSPS) is 11.0. The lowest BCUT2D eigenvalue weighted by atomic mass is 10.1. The lowest BCUT2D eigenvalue weighted by molar-refractivity contribution is 0.0593. The Balaban J connectivity index is 2.11. The topological polar surface area (TPSA) is 59.9 Å². The molecule has 5 nitrogen and oxygen atoms in total. The van der Waals surface area contributed by atoms with E-state index in [9.17, 15) is 4.79 Å². The quantitative estimate of drug-likeness (QED) is 0.732. The fourth-order valence-corrected chi connectivity index (χ4v) is 2.60. The summed E-state index contributed by atoms with van der Waals surface area (Å²) < 4.78 is 6.69. The van der Waals surface area contributed by atoms with Crippen LogP contribution in [0.1, 0.15) is 30.3 Å². The van der Waals surface area contributed by atoms with Gasteiger partial charge in [-0.05, 0) is 18.6 Å². The molecule has 0 saturated carbocycles. The highest BCUT2D eigenvalue weighted by Gasteiger charge is 2.17. The average molecular weight is 297 g/mol. The summed E-state index contributed by atoms with van der Waals surface area (Å²) in [5.74, 6) is -0.406. The summed E-state index contributed by atoms with van der Waals surface area (Å²) in [6.07, 6.45) is 4.05. The molecule has 0 radical (unpaired) electrons. The predicted molar refractivity (Wildman–Crippen MR) is 85.8 cm³/mol. The molecule has 0 unspecified atom stereocenters. The summed E-state index contributed by atoms with van der Waals surface area (Å²) >= 11 is 0. The molecule has 0 aliphatic carbocycles. The highest BCUT2D eigenvalue weighted by atomic mass is 16.5. The van der Waals surface area contributed by atoms with Crippen molar-refractivity contribution in [2.45, 2.75) is 26.3 Å². The van der Waals surface area contributed by atoms with Crippen LogP contribution in [0.15, 0.2) is 36.5 Å². The third-order valence-electron chi connectivity index (χ3n) is 3.76. The maximum Gasteiger partial charge on any atom is 0.358 e. The fraction of sp³-hybridized carbons (Fsp3) is 0.294. The third kappa shape index (κ3) is 2.50. The fourth-order valence-electron chi connectivity index (χ4n) is 2.60. The number of esters is 1. The minimum Gasteiger partial charge on any atom is -0.464 e. The number of nitrogens with one attached hydrogen (secondary N) is 1. The van der Waals surface area contributed by atoms with Gasteiger partial charge in [0.2, 0.25) is 0 Å². The highest BCUT2D eigenvalue weighted by molar-refractivity contribution is 5.96. The second kappa shape index (κ2) is 6.05. The first kappa shape index (κ1) is 14.4. The van der Waals surface area contributed by atoms with Crippen LogP contribution in [0.4, 0.5) is 0 Å². The number of rotatable bonds is 5. The number of para-hydroxylation sites is 1. The van der Waals surface area contributed by atoms with E-state index >= 15 is 0 Å². The zero-order valence-corrected chi connectivity index (χ0v) is 12.8. The average Bonchev–Trinajstić information content (AvgIpc) is 3.15. The van der Waals surface area contributed by atoms with Crippen LogP contribution < -0.4 is 0 Å². The number of carbonyl (C=O) groups is 1. The van der Waals surface area contributed by atoms with Gasteiger partial charge in [-0.3, -0.25) is 4.68 Å². The predicted octanol–water partition coefficient (Wildman–Crippen LogP) is 3.62. The van der Waals surface area contributed by atoms with Crippen LogP contribution in [0.3, 0.4) is 0 Å². The number of H-pyrrole nitrogens is 1. The van der Waals surface area contributed by atoms with Gasteiger partial charge in [0.15, 0.2) is 5.69 Å². The monoisotopic (exact) mass is 297 g/mol. The number of hydrogen-bond acceptors (Lipinski definition) is 3. The maximum atomic E-state index is 11.8. The van der Waals surface area contributed by atoms with Crippen molar-refractivity contribution >= 4 is 16.9 Å². The van der Waals surface area contributed by atoms with E-state index in [2.05, 4.69) is 23.1 Å². The molecule has 0 fully saturated rings. The van der Waals surface area contributed by atoms with E-state index < -0.39 is 5.97 Å². The molecule has 1 aromatic carbocycles. The second-order valence-corrected chi connectivity index (χ2v) is 5.23. The summed E-state index contributed by atoms with van der Waals surface area (Å²) in [4.78, 5) is 15.0. The molecule has 0 saturated heterocycles. The van der Waals surface area contributed by atoms with E-state index in [1.165, 1.54) is 7.11 Å². The number of aromatic amines is 1. The number of carbonyl (C=O) groups excluding carboxylic acids is 1. The Kier molecular flexibility index (Phi) is 3.96. The standard InChI is InChI=1S/C17H19N3O2/c1-3-4-9-20-16(10-15(19-20)17(21)22-2)13-11-18-14-8-6-5-7-12(13)14/h5-8,10-11,18H,3-4,9H2,1-2H3. The summed E-state index contributed by atoms with van der Waals surface area (Å²) in [7, 11) is 1.37. The Morgan fingerprint density at radius 3 is 2.95 bits per heavy atom. The summed E-state index contributed by atoms with van der Waals surface area (Å²) in [6.45, 7) is 2.92. The third-order valence-corrected chi connectivity index (χ3v) is 3.76. The molecule has 0 spiro atoms. The summed E-state index contributed by atoms with van der Waals surface area (Å²) in [5, 5.41) is 5.53. The van der Waals surface area contributed by atoms with Crippen LogP contribution in [0, 0.1) is 0 Å². The van der Waals surface area contributed by atoms with E-state index in [1.807, 2.05) is 29.1 Å². The Morgan fingerprint density at radius 2 is 2.18 bits per heavy atom. The van der Waals surface area contributed by atoms with E-state index in [4.69, 9.17) is 4.74 Å². The van der Waals surface area contributed by atoms with Gasteiger partial charge in [-0.25, -0.2) is 4.79 Å². The van der Waals surface area contributed by atoms with Crippen molar-refractivity contribution in [1.29, 1.82) is 0 Å². The van der Waals surface area contributed by atoms with E-state index in [-0.39, 0.29) is 0 Å². The number of aryl methyl sites for hydroxylation is 1. The van der Waals surface area contributed by atoms with Crippen molar-refractivity contribution in [2.75, 3.05) is 7.11 Å². The molecule has 5 heteroatoms. The number of fused-ring (bicyclic) bond motifs is 1. The van der Waals surface area contributed by atoms with Crippen molar-refractivity contribution < 1.29 is 9.53 Å². The van der Waals surface area contributed by atoms with E-state index in [0.29, 0.717) is 5.69 Å². The Morgan fingerprint density at radius 1 is 1.36 bits per heavy atom. The second-order valence-electron chi connectivity index (χ2n) is 5.23.